The van der Waals surface area contributed by atoms with Crippen molar-refractivity contribution in [1.29, 1.82) is 0 Å². The van der Waals surface area contributed by atoms with Crippen LogP contribution in [0.2, 0.25) is 0 Å². The first kappa shape index (κ1) is 19.2. The first-order chi connectivity index (χ1) is 13.0. The molecule has 27 heavy (non-hydrogen) atoms. The van der Waals surface area contributed by atoms with Crippen molar-refractivity contribution >= 4 is 23.5 Å². The van der Waals surface area contributed by atoms with Crippen molar-refractivity contribution in [3.63, 3.8) is 0 Å². The Bertz CT molecular complexity index is 706. The molecule has 0 heterocycles. The van der Waals surface area contributed by atoms with E-state index in [1.54, 1.807) is 24.3 Å². The van der Waals surface area contributed by atoms with Crippen LogP contribution in [-0.2, 0) is 14.4 Å². The molecule has 3 rings (SSSR count). The van der Waals surface area contributed by atoms with Crippen molar-refractivity contribution in [3.05, 3.63) is 24.3 Å². The molecule has 2 amide bonds. The second-order valence-electron chi connectivity index (χ2n) is 7.43. The zero-order chi connectivity index (χ0) is 19.3. The van der Waals surface area contributed by atoms with Gasteiger partial charge in [-0.1, -0.05) is 31.7 Å². The van der Waals surface area contributed by atoms with Crippen LogP contribution in [0.3, 0.4) is 0 Å². The van der Waals surface area contributed by atoms with Crippen LogP contribution >= 0.6 is 0 Å². The van der Waals surface area contributed by atoms with E-state index in [1.807, 2.05) is 0 Å². The Morgan fingerprint density at radius 2 is 1.81 bits per heavy atom. The molecule has 0 aromatic heterocycles. The fraction of sp³-hybridized carbons (Fsp3) is 0.550. The summed E-state index contributed by atoms with van der Waals surface area (Å²) < 4.78 is 5.51. The number of ether oxygens (including phenoxy) is 1. The van der Waals surface area contributed by atoms with E-state index < -0.39 is 17.4 Å². The summed E-state index contributed by atoms with van der Waals surface area (Å²) in [6, 6.07) is 6.85. The molecule has 2 fully saturated rings. The lowest BCUT2D eigenvalue weighted by Gasteiger charge is -2.29. The lowest BCUT2D eigenvalue weighted by Crippen LogP contribution is -2.55. The quantitative estimate of drug-likeness (QED) is 0.637. The van der Waals surface area contributed by atoms with Crippen LogP contribution in [0.15, 0.2) is 24.3 Å². The number of aliphatic carboxylic acids is 1. The van der Waals surface area contributed by atoms with Crippen molar-refractivity contribution in [2.75, 3.05) is 11.9 Å². The molecule has 0 radical (unpaired) electrons. The normalized spacial score (nSPS) is 18.8. The number of benzene rings is 1. The summed E-state index contributed by atoms with van der Waals surface area (Å²) in [5.74, 6) is -0.882. The number of carboxylic acid groups (broad SMARTS) is 1. The fourth-order valence-corrected chi connectivity index (χ4v) is 3.43. The van der Waals surface area contributed by atoms with Crippen LogP contribution in [0.5, 0.6) is 5.75 Å². The first-order valence-corrected chi connectivity index (χ1v) is 9.57. The van der Waals surface area contributed by atoms with E-state index in [0.29, 0.717) is 24.3 Å². The molecular weight excluding hydrogens is 348 g/mol. The summed E-state index contributed by atoms with van der Waals surface area (Å²) in [5, 5.41) is 15.1. The third-order valence-electron chi connectivity index (χ3n) is 5.16. The molecule has 0 atom stereocenters. The van der Waals surface area contributed by atoms with Crippen molar-refractivity contribution < 1.29 is 24.2 Å². The summed E-state index contributed by atoms with van der Waals surface area (Å²) in [6.45, 7) is -0.269. The van der Waals surface area contributed by atoms with E-state index in [4.69, 9.17) is 4.74 Å². The van der Waals surface area contributed by atoms with Gasteiger partial charge >= 0.3 is 5.97 Å². The predicted octanol–water partition coefficient (Wildman–Crippen LogP) is 2.71. The van der Waals surface area contributed by atoms with E-state index >= 15 is 0 Å². The van der Waals surface area contributed by atoms with Gasteiger partial charge in [0.1, 0.15) is 11.3 Å². The van der Waals surface area contributed by atoms with E-state index in [-0.39, 0.29) is 18.4 Å². The zero-order valence-corrected chi connectivity index (χ0v) is 15.3. The maximum Gasteiger partial charge on any atom is 0.329 e. The number of carboxylic acids is 1. The monoisotopic (exact) mass is 374 g/mol. The number of amides is 2. The first-order valence-electron chi connectivity index (χ1n) is 9.57. The van der Waals surface area contributed by atoms with Gasteiger partial charge in [0.05, 0.1) is 0 Å². The number of rotatable bonds is 7. The van der Waals surface area contributed by atoms with Gasteiger partial charge in [-0.3, -0.25) is 9.59 Å². The van der Waals surface area contributed by atoms with Gasteiger partial charge in [0.25, 0.3) is 5.91 Å². The average Bonchev–Trinajstić information content (AvgIpc) is 3.48. The Balaban J connectivity index is 1.55. The highest BCUT2D eigenvalue weighted by Gasteiger charge is 2.40. The Labute approximate surface area is 158 Å². The molecule has 0 unspecified atom stereocenters. The highest BCUT2D eigenvalue weighted by Crippen LogP contribution is 2.31. The Kier molecular flexibility index (Phi) is 5.98. The highest BCUT2D eigenvalue weighted by atomic mass is 16.5. The van der Waals surface area contributed by atoms with Gasteiger partial charge in [-0.25, -0.2) is 4.79 Å². The lowest BCUT2D eigenvalue weighted by atomic mass is 9.90. The smallest absolute Gasteiger partial charge is 0.329 e. The molecule has 0 aliphatic heterocycles. The van der Waals surface area contributed by atoms with Gasteiger partial charge in [0.2, 0.25) is 5.91 Å². The molecule has 1 aromatic carbocycles. The van der Waals surface area contributed by atoms with Crippen molar-refractivity contribution in [3.8, 4) is 5.75 Å². The molecule has 3 N–H and O–H groups in total. The molecule has 146 valence electrons. The van der Waals surface area contributed by atoms with Crippen LogP contribution in [0, 0.1) is 5.92 Å². The molecule has 2 aliphatic carbocycles. The van der Waals surface area contributed by atoms with E-state index in [9.17, 15) is 19.5 Å². The van der Waals surface area contributed by atoms with E-state index in [1.165, 1.54) is 0 Å². The molecule has 2 saturated carbocycles. The van der Waals surface area contributed by atoms with Crippen LogP contribution in [0.25, 0.3) is 0 Å². The maximum atomic E-state index is 12.3. The maximum absolute atomic E-state index is 12.3. The van der Waals surface area contributed by atoms with Crippen LogP contribution in [0.4, 0.5) is 5.69 Å². The summed E-state index contributed by atoms with van der Waals surface area (Å²) in [7, 11) is 0. The minimum atomic E-state index is -1.20. The van der Waals surface area contributed by atoms with Gasteiger partial charge in [0, 0.05) is 17.7 Å². The fourth-order valence-electron chi connectivity index (χ4n) is 3.43. The van der Waals surface area contributed by atoms with Crippen molar-refractivity contribution in [2.24, 2.45) is 5.92 Å². The van der Waals surface area contributed by atoms with Gasteiger partial charge in [-0.15, -0.1) is 0 Å². The Hall–Kier alpha value is -2.57. The second-order valence-corrected chi connectivity index (χ2v) is 7.43. The van der Waals surface area contributed by atoms with Gasteiger partial charge in [-0.2, -0.15) is 0 Å². The number of anilines is 1. The molecule has 2 aliphatic rings. The highest BCUT2D eigenvalue weighted by molar-refractivity contribution is 5.94. The lowest BCUT2D eigenvalue weighted by molar-refractivity contribution is -0.148. The topological polar surface area (TPSA) is 105 Å². The number of carbonyl (C=O) groups excluding carboxylic acids is 2. The summed E-state index contributed by atoms with van der Waals surface area (Å²) in [5.41, 5.74) is -0.576. The molecule has 7 heteroatoms. The molecule has 0 saturated heterocycles. The third-order valence-corrected chi connectivity index (χ3v) is 5.16. The minimum Gasteiger partial charge on any atom is -0.484 e. The van der Waals surface area contributed by atoms with E-state index in [2.05, 4.69) is 10.6 Å². The number of nitrogens with one attached hydrogen (secondary N) is 2. The molecular formula is C20H26N2O5. The van der Waals surface area contributed by atoms with Crippen LogP contribution in [-0.4, -0.2) is 35.0 Å². The number of hydrogen-bond donors (Lipinski definition) is 3. The average molecular weight is 374 g/mol. The Morgan fingerprint density at radius 1 is 1.11 bits per heavy atom. The van der Waals surface area contributed by atoms with Gasteiger partial charge < -0.3 is 20.5 Å². The Morgan fingerprint density at radius 3 is 2.44 bits per heavy atom. The predicted molar refractivity (Wildman–Crippen MR) is 99.5 cm³/mol. The minimum absolute atomic E-state index is 0.00153. The SMILES string of the molecule is O=C(COc1cccc(NC(=O)C2CC2)c1)NC1(C(=O)O)CCCCCC1. The largest absolute Gasteiger partial charge is 0.484 e. The summed E-state index contributed by atoms with van der Waals surface area (Å²) >= 11 is 0. The number of hydrogen-bond acceptors (Lipinski definition) is 4. The van der Waals surface area contributed by atoms with Crippen LogP contribution < -0.4 is 15.4 Å². The van der Waals surface area contributed by atoms with E-state index in [0.717, 1.165) is 38.5 Å². The summed E-state index contributed by atoms with van der Waals surface area (Å²) in [6.07, 6.45) is 6.28. The standard InChI is InChI=1S/C20H26N2O5/c23-17(22-20(19(25)26)10-3-1-2-4-11-20)13-27-16-7-5-6-15(12-16)21-18(24)14-8-9-14/h5-7,12,14H,1-4,8-11,13H2,(H,21,24)(H,22,23)(H,25,26). The molecule has 0 spiro atoms. The number of carbonyl (C=O) groups is 3. The zero-order valence-electron chi connectivity index (χ0n) is 15.3. The molecule has 7 nitrogen and oxygen atoms in total. The van der Waals surface area contributed by atoms with Crippen LogP contribution in [0.1, 0.15) is 51.4 Å². The van der Waals surface area contributed by atoms with Gasteiger partial charge in [-0.05, 0) is 37.8 Å². The molecule has 0 bridgehead atoms. The summed E-state index contributed by atoms with van der Waals surface area (Å²) in [4.78, 5) is 35.9. The van der Waals surface area contributed by atoms with Crippen molar-refractivity contribution in [2.45, 2.75) is 56.9 Å². The second kappa shape index (κ2) is 8.41. The van der Waals surface area contributed by atoms with Gasteiger partial charge in [0.15, 0.2) is 6.61 Å². The van der Waals surface area contributed by atoms with Crippen molar-refractivity contribution in [1.82, 2.24) is 5.32 Å². The third kappa shape index (κ3) is 5.21. The molecule has 1 aromatic rings.